The average Bonchev–Trinajstić information content (AvgIpc) is 2.31. The molecule has 4 nitrogen and oxygen atoms in total. The van der Waals surface area contributed by atoms with E-state index in [1.807, 2.05) is 0 Å². The number of rotatable bonds is 5. The maximum Gasteiger partial charge on any atom is 0.573 e. The molecule has 0 spiro atoms. The first-order chi connectivity index (χ1) is 9.26. The first-order valence-electron chi connectivity index (χ1n) is 5.42. The molecule has 112 valence electrons. The van der Waals surface area contributed by atoms with Gasteiger partial charge in [0.15, 0.2) is 5.75 Å². The second-order valence-corrected chi connectivity index (χ2v) is 4.96. The number of alkyl halides is 4. The van der Waals surface area contributed by atoms with Gasteiger partial charge in [-0.3, -0.25) is 9.78 Å². The second-order valence-electron chi connectivity index (χ2n) is 3.53. The van der Waals surface area contributed by atoms with E-state index in [9.17, 15) is 18.0 Å². The van der Waals surface area contributed by atoms with Crippen LogP contribution in [0.5, 0.6) is 5.75 Å². The minimum Gasteiger partial charge on any atom is -0.466 e. The number of nitrogens with zero attached hydrogens (tertiary/aromatic N) is 1. The number of hydrogen-bond donors (Lipinski definition) is 0. The third-order valence-electron chi connectivity index (χ3n) is 2.03. The summed E-state index contributed by atoms with van der Waals surface area (Å²) in [6, 6.07) is 1.33. The molecule has 0 aromatic carbocycles. The van der Waals surface area contributed by atoms with E-state index in [1.54, 1.807) is 29.5 Å². The lowest BCUT2D eigenvalue weighted by Crippen LogP contribution is -2.20. The summed E-state index contributed by atoms with van der Waals surface area (Å²) >= 11 is 7.24. The Hall–Kier alpha value is -0.770. The van der Waals surface area contributed by atoms with E-state index in [0.29, 0.717) is 0 Å². The molecule has 0 bridgehead atoms. The minimum atomic E-state index is -4.83. The third kappa shape index (κ3) is 5.31. The van der Waals surface area contributed by atoms with Crippen molar-refractivity contribution in [3.8, 4) is 5.75 Å². The molecule has 0 aliphatic heterocycles. The first-order valence-corrected chi connectivity index (χ1v) is 7.03. The van der Waals surface area contributed by atoms with Crippen molar-refractivity contribution in [1.82, 2.24) is 4.98 Å². The minimum absolute atomic E-state index is 0.0739. The van der Waals surface area contributed by atoms with E-state index in [-0.39, 0.29) is 33.9 Å². The van der Waals surface area contributed by atoms with Gasteiger partial charge < -0.3 is 9.47 Å². The lowest BCUT2D eigenvalue weighted by atomic mass is 10.2. The van der Waals surface area contributed by atoms with E-state index in [1.165, 1.54) is 6.07 Å². The molecule has 0 saturated heterocycles. The van der Waals surface area contributed by atoms with Gasteiger partial charge >= 0.3 is 12.3 Å². The van der Waals surface area contributed by atoms with E-state index in [4.69, 9.17) is 16.3 Å². The van der Waals surface area contributed by atoms with Crippen LogP contribution in [-0.4, -0.2) is 23.9 Å². The van der Waals surface area contributed by atoms with Crippen LogP contribution in [0, 0.1) is 3.57 Å². The van der Waals surface area contributed by atoms with Crippen molar-refractivity contribution >= 4 is 40.2 Å². The van der Waals surface area contributed by atoms with Gasteiger partial charge in [-0.05, 0) is 35.6 Å². The fraction of sp³-hybridized carbons (Fsp3) is 0.455. The summed E-state index contributed by atoms with van der Waals surface area (Å²) in [5, 5.41) is 0. The maximum atomic E-state index is 12.3. The molecule has 1 aromatic rings. The van der Waals surface area contributed by atoms with Gasteiger partial charge in [0.25, 0.3) is 0 Å². The van der Waals surface area contributed by atoms with Gasteiger partial charge in [0, 0.05) is 0 Å². The summed E-state index contributed by atoms with van der Waals surface area (Å²) in [7, 11) is 0. The van der Waals surface area contributed by atoms with Crippen LogP contribution in [0.4, 0.5) is 13.2 Å². The molecule has 0 fully saturated rings. The molecule has 0 radical (unpaired) electrons. The Morgan fingerprint density at radius 1 is 1.50 bits per heavy atom. The summed E-state index contributed by atoms with van der Waals surface area (Å²) in [4.78, 5) is 15.2. The summed E-state index contributed by atoms with van der Waals surface area (Å²) in [5.41, 5.74) is 0.202. The molecule has 0 atom stereocenters. The molecule has 0 unspecified atom stereocenters. The lowest BCUT2D eigenvalue weighted by Gasteiger charge is -2.14. The Bertz CT molecular complexity index is 497. The number of hydrogen-bond acceptors (Lipinski definition) is 4. The van der Waals surface area contributed by atoms with E-state index in [2.05, 4.69) is 9.72 Å². The SMILES string of the molecule is CCOC(=O)Cc1cc(I)c(OC(F)(F)F)c(CCl)n1. The average molecular weight is 424 g/mol. The number of aromatic nitrogens is 1. The van der Waals surface area contributed by atoms with Crippen molar-refractivity contribution in [2.45, 2.75) is 25.6 Å². The Labute approximate surface area is 131 Å². The number of carbonyl (C=O) groups is 1. The van der Waals surface area contributed by atoms with Crippen LogP contribution in [0.15, 0.2) is 6.07 Å². The molecule has 0 N–H and O–H groups in total. The van der Waals surface area contributed by atoms with E-state index in [0.717, 1.165) is 0 Å². The van der Waals surface area contributed by atoms with Gasteiger partial charge in [-0.1, -0.05) is 0 Å². The predicted octanol–water partition coefficient (Wildman–Crippen LogP) is 3.43. The summed E-state index contributed by atoms with van der Waals surface area (Å²) < 4.78 is 45.6. The van der Waals surface area contributed by atoms with Crippen molar-refractivity contribution in [2.75, 3.05) is 6.61 Å². The van der Waals surface area contributed by atoms with Crippen LogP contribution >= 0.6 is 34.2 Å². The summed E-state index contributed by atoms with van der Waals surface area (Å²) in [6.45, 7) is 1.87. The fourth-order valence-corrected chi connectivity index (χ4v) is 2.33. The maximum absolute atomic E-state index is 12.3. The lowest BCUT2D eigenvalue weighted by molar-refractivity contribution is -0.275. The molecule has 1 aromatic heterocycles. The van der Waals surface area contributed by atoms with E-state index < -0.39 is 18.1 Å². The van der Waals surface area contributed by atoms with Crippen molar-refractivity contribution < 1.29 is 27.4 Å². The molecule has 1 heterocycles. The normalized spacial score (nSPS) is 11.3. The highest BCUT2D eigenvalue weighted by Crippen LogP contribution is 2.31. The number of carbonyl (C=O) groups excluding carboxylic acids is 1. The van der Waals surface area contributed by atoms with Crippen molar-refractivity contribution in [3.05, 3.63) is 21.0 Å². The second kappa shape index (κ2) is 7.30. The largest absolute Gasteiger partial charge is 0.573 e. The molecular formula is C11H10ClF3INO3. The standard InChI is InChI=1S/C11H10ClF3INO3/c1-2-19-9(18)4-6-3-7(16)10(8(5-12)17-6)20-11(13,14)15/h3H,2,4-5H2,1H3. The monoisotopic (exact) mass is 423 g/mol. The smallest absolute Gasteiger partial charge is 0.466 e. The van der Waals surface area contributed by atoms with Crippen LogP contribution < -0.4 is 4.74 Å². The molecule has 1 rings (SSSR count). The van der Waals surface area contributed by atoms with Crippen molar-refractivity contribution in [1.29, 1.82) is 0 Å². The number of pyridine rings is 1. The van der Waals surface area contributed by atoms with E-state index >= 15 is 0 Å². The molecule has 0 amide bonds. The van der Waals surface area contributed by atoms with Crippen LogP contribution in [0.25, 0.3) is 0 Å². The number of ether oxygens (including phenoxy) is 2. The molecule has 20 heavy (non-hydrogen) atoms. The molecule has 0 aliphatic rings. The van der Waals surface area contributed by atoms with Crippen LogP contribution in [-0.2, 0) is 21.8 Å². The molecule has 0 saturated carbocycles. The third-order valence-corrected chi connectivity index (χ3v) is 3.08. The Balaban J connectivity index is 3.04. The highest BCUT2D eigenvalue weighted by molar-refractivity contribution is 14.1. The highest BCUT2D eigenvalue weighted by atomic mass is 127. The number of halogens is 5. The van der Waals surface area contributed by atoms with Gasteiger partial charge in [-0.2, -0.15) is 0 Å². The Kier molecular flexibility index (Phi) is 6.31. The van der Waals surface area contributed by atoms with Gasteiger partial charge in [-0.25, -0.2) is 0 Å². The zero-order chi connectivity index (χ0) is 15.3. The fourth-order valence-electron chi connectivity index (χ4n) is 1.37. The van der Waals surface area contributed by atoms with Gasteiger partial charge in [0.2, 0.25) is 0 Å². The van der Waals surface area contributed by atoms with Crippen LogP contribution in [0.2, 0.25) is 0 Å². The van der Waals surface area contributed by atoms with Crippen molar-refractivity contribution in [3.63, 3.8) is 0 Å². The Morgan fingerprint density at radius 3 is 2.65 bits per heavy atom. The van der Waals surface area contributed by atoms with Gasteiger partial charge in [0.05, 0.1) is 33.9 Å². The molecule has 0 aliphatic carbocycles. The van der Waals surface area contributed by atoms with Gasteiger partial charge in [-0.15, -0.1) is 24.8 Å². The topological polar surface area (TPSA) is 48.4 Å². The van der Waals surface area contributed by atoms with Crippen molar-refractivity contribution in [2.24, 2.45) is 0 Å². The zero-order valence-corrected chi connectivity index (χ0v) is 13.2. The van der Waals surface area contributed by atoms with Crippen LogP contribution in [0.1, 0.15) is 18.3 Å². The molecule has 9 heteroatoms. The van der Waals surface area contributed by atoms with Gasteiger partial charge in [0.1, 0.15) is 0 Å². The first kappa shape index (κ1) is 17.3. The molecular weight excluding hydrogens is 413 g/mol. The highest BCUT2D eigenvalue weighted by Gasteiger charge is 2.33. The Morgan fingerprint density at radius 2 is 2.15 bits per heavy atom. The quantitative estimate of drug-likeness (QED) is 0.414. The zero-order valence-electron chi connectivity index (χ0n) is 10.3. The number of esters is 1. The summed E-state index contributed by atoms with van der Waals surface area (Å²) in [6.07, 6.45) is -4.97. The van der Waals surface area contributed by atoms with Crippen LogP contribution in [0.3, 0.4) is 0 Å². The predicted molar refractivity (Wildman–Crippen MR) is 73.5 cm³/mol. The summed E-state index contributed by atoms with van der Waals surface area (Å²) in [5.74, 6) is -1.22.